The number of benzene rings is 3. The second-order valence-electron chi connectivity index (χ2n) is 7.08. The molecule has 0 aliphatic rings. The zero-order chi connectivity index (χ0) is 25.4. The number of amides is 1. The molecule has 0 atom stereocenters. The second kappa shape index (κ2) is 11.9. The summed E-state index contributed by atoms with van der Waals surface area (Å²) in [5.74, 6) is -0.0678. The summed E-state index contributed by atoms with van der Waals surface area (Å²) in [4.78, 5) is 23.0. The Labute approximate surface area is 211 Å². The van der Waals surface area contributed by atoms with Crippen molar-refractivity contribution in [2.45, 2.75) is 13.5 Å². The van der Waals surface area contributed by atoms with E-state index >= 15 is 0 Å². The van der Waals surface area contributed by atoms with Gasteiger partial charge in [-0.2, -0.15) is 5.26 Å². The normalized spacial score (nSPS) is 10.9. The number of hydrogen-bond acceptors (Lipinski definition) is 6. The molecule has 1 amide bonds. The van der Waals surface area contributed by atoms with E-state index in [0.29, 0.717) is 23.7 Å². The summed E-state index contributed by atoms with van der Waals surface area (Å²) in [6.07, 6.45) is 1.33. The highest BCUT2D eigenvalue weighted by Gasteiger charge is 2.17. The summed E-state index contributed by atoms with van der Waals surface area (Å²) in [5, 5.41) is 23.2. The fourth-order valence-corrected chi connectivity index (χ4v) is 3.51. The third kappa shape index (κ3) is 6.73. The molecule has 0 aliphatic heterocycles. The van der Waals surface area contributed by atoms with Crippen LogP contribution in [0.3, 0.4) is 0 Å². The zero-order valence-corrected chi connectivity index (χ0v) is 20.0. The van der Waals surface area contributed by atoms with Crippen LogP contribution in [0, 0.1) is 21.4 Å². The summed E-state index contributed by atoms with van der Waals surface area (Å²) in [5.41, 5.74) is 0.871. The van der Waals surface area contributed by atoms with Gasteiger partial charge in [-0.1, -0.05) is 53.5 Å². The van der Waals surface area contributed by atoms with Crippen LogP contribution in [0.2, 0.25) is 10.0 Å². The van der Waals surface area contributed by atoms with Crippen LogP contribution in [0.25, 0.3) is 6.08 Å². The lowest BCUT2D eigenvalue weighted by atomic mass is 10.1. The maximum Gasteiger partial charge on any atom is 0.289 e. The molecule has 0 bridgehead atoms. The van der Waals surface area contributed by atoms with E-state index in [1.807, 2.05) is 36.4 Å². The standard InChI is InChI=1S/C25H19Cl2N3O5/c1-2-34-23-12-17(11-21(27)24(23)35-15-16-6-4-3-5-7-16)10-18(14-28)25(31)29-19-8-9-20(26)22(13-19)30(32)33/h3-13H,2,15H2,1H3,(H,29,31)/b18-10+. The van der Waals surface area contributed by atoms with Crippen molar-refractivity contribution in [3.05, 3.63) is 97.5 Å². The van der Waals surface area contributed by atoms with Gasteiger partial charge in [0.25, 0.3) is 11.6 Å². The number of carbonyl (C=O) groups is 1. The lowest BCUT2D eigenvalue weighted by Crippen LogP contribution is -2.13. The van der Waals surface area contributed by atoms with Crippen LogP contribution in [0.15, 0.2) is 66.2 Å². The molecule has 8 nitrogen and oxygen atoms in total. The Morgan fingerprint density at radius 3 is 2.51 bits per heavy atom. The largest absolute Gasteiger partial charge is 0.490 e. The average Bonchev–Trinajstić information content (AvgIpc) is 2.83. The molecule has 0 spiro atoms. The molecule has 0 radical (unpaired) electrons. The molecule has 3 rings (SSSR count). The monoisotopic (exact) mass is 511 g/mol. The molecular weight excluding hydrogens is 493 g/mol. The van der Waals surface area contributed by atoms with E-state index < -0.39 is 10.8 Å². The van der Waals surface area contributed by atoms with E-state index in [0.717, 1.165) is 11.6 Å². The number of ether oxygens (including phenoxy) is 2. The first kappa shape index (κ1) is 25.6. The molecule has 0 heterocycles. The van der Waals surface area contributed by atoms with Crippen LogP contribution in [-0.4, -0.2) is 17.4 Å². The Bertz CT molecular complexity index is 1320. The Morgan fingerprint density at radius 2 is 1.86 bits per heavy atom. The van der Waals surface area contributed by atoms with Gasteiger partial charge in [0.05, 0.1) is 16.6 Å². The molecular formula is C25H19Cl2N3O5. The molecule has 3 aromatic carbocycles. The minimum absolute atomic E-state index is 0.0725. The highest BCUT2D eigenvalue weighted by Crippen LogP contribution is 2.38. The Kier molecular flexibility index (Phi) is 8.68. The first-order valence-electron chi connectivity index (χ1n) is 10.3. The molecule has 1 N–H and O–H groups in total. The SMILES string of the molecule is CCOc1cc(/C=C(\C#N)C(=O)Nc2ccc(Cl)c([N+](=O)[O-])c2)cc(Cl)c1OCc1ccccc1. The van der Waals surface area contributed by atoms with Gasteiger partial charge in [-0.15, -0.1) is 0 Å². The molecule has 0 saturated carbocycles. The third-order valence-corrected chi connectivity index (χ3v) is 5.23. The van der Waals surface area contributed by atoms with Crippen LogP contribution in [0.1, 0.15) is 18.1 Å². The van der Waals surface area contributed by atoms with Gasteiger partial charge in [0, 0.05) is 11.8 Å². The number of rotatable bonds is 9. The molecule has 35 heavy (non-hydrogen) atoms. The van der Waals surface area contributed by atoms with E-state index in [1.54, 1.807) is 19.1 Å². The van der Waals surface area contributed by atoms with E-state index in [1.165, 1.54) is 18.2 Å². The first-order chi connectivity index (χ1) is 16.8. The average molecular weight is 512 g/mol. The highest BCUT2D eigenvalue weighted by atomic mass is 35.5. The van der Waals surface area contributed by atoms with Gasteiger partial charge in [-0.3, -0.25) is 14.9 Å². The van der Waals surface area contributed by atoms with E-state index in [2.05, 4.69) is 5.32 Å². The van der Waals surface area contributed by atoms with Gasteiger partial charge in [-0.05, 0) is 48.4 Å². The maximum absolute atomic E-state index is 12.6. The zero-order valence-electron chi connectivity index (χ0n) is 18.5. The van der Waals surface area contributed by atoms with Crippen molar-refractivity contribution in [2.75, 3.05) is 11.9 Å². The Balaban J connectivity index is 1.85. The van der Waals surface area contributed by atoms with E-state index in [4.69, 9.17) is 32.7 Å². The van der Waals surface area contributed by atoms with Crippen molar-refractivity contribution in [3.63, 3.8) is 0 Å². The fraction of sp³-hybridized carbons (Fsp3) is 0.120. The van der Waals surface area contributed by atoms with Crippen molar-refractivity contribution in [3.8, 4) is 17.6 Å². The summed E-state index contributed by atoms with van der Waals surface area (Å²) < 4.78 is 11.5. The van der Waals surface area contributed by atoms with E-state index in [9.17, 15) is 20.2 Å². The summed E-state index contributed by atoms with van der Waals surface area (Å²) >= 11 is 12.2. The van der Waals surface area contributed by atoms with Gasteiger partial charge in [0.2, 0.25) is 0 Å². The molecule has 10 heteroatoms. The van der Waals surface area contributed by atoms with Crippen molar-refractivity contribution in [1.29, 1.82) is 5.26 Å². The summed E-state index contributed by atoms with van der Waals surface area (Å²) in [7, 11) is 0. The highest BCUT2D eigenvalue weighted by molar-refractivity contribution is 6.33. The molecule has 0 unspecified atom stereocenters. The smallest absolute Gasteiger partial charge is 0.289 e. The summed E-state index contributed by atoms with van der Waals surface area (Å²) in [6, 6.07) is 18.3. The second-order valence-corrected chi connectivity index (χ2v) is 7.90. The quantitative estimate of drug-likeness (QED) is 0.153. The molecule has 0 saturated heterocycles. The number of hydrogen-bond donors (Lipinski definition) is 1. The number of nitrogens with one attached hydrogen (secondary N) is 1. The van der Waals surface area contributed by atoms with Crippen LogP contribution in [0.4, 0.5) is 11.4 Å². The molecule has 3 aromatic rings. The number of nitro groups is 1. The van der Waals surface area contributed by atoms with Crippen molar-refractivity contribution in [2.24, 2.45) is 0 Å². The van der Waals surface area contributed by atoms with Crippen LogP contribution in [0.5, 0.6) is 11.5 Å². The van der Waals surface area contributed by atoms with Crippen LogP contribution in [-0.2, 0) is 11.4 Å². The van der Waals surface area contributed by atoms with E-state index in [-0.39, 0.29) is 33.6 Å². The van der Waals surface area contributed by atoms with Gasteiger partial charge in [-0.25, -0.2) is 0 Å². The van der Waals surface area contributed by atoms with Gasteiger partial charge in [0.15, 0.2) is 11.5 Å². The fourth-order valence-electron chi connectivity index (χ4n) is 3.05. The number of nitrogens with zero attached hydrogens (tertiary/aromatic N) is 2. The van der Waals surface area contributed by atoms with Crippen molar-refractivity contribution in [1.82, 2.24) is 0 Å². The summed E-state index contributed by atoms with van der Waals surface area (Å²) in [6.45, 7) is 2.41. The predicted octanol–water partition coefficient (Wildman–Crippen LogP) is 6.42. The number of nitriles is 1. The minimum Gasteiger partial charge on any atom is -0.490 e. The number of nitro benzene ring substituents is 1. The lowest BCUT2D eigenvalue weighted by Gasteiger charge is -2.15. The first-order valence-corrected chi connectivity index (χ1v) is 11.1. The van der Waals surface area contributed by atoms with Crippen molar-refractivity contribution >= 4 is 46.6 Å². The predicted molar refractivity (Wildman–Crippen MR) is 134 cm³/mol. The number of halogens is 2. The van der Waals surface area contributed by atoms with Gasteiger partial charge in [0.1, 0.15) is 23.3 Å². The molecule has 0 fully saturated rings. The molecule has 0 aromatic heterocycles. The number of anilines is 1. The van der Waals surface area contributed by atoms with Crippen molar-refractivity contribution < 1.29 is 19.2 Å². The number of carbonyl (C=O) groups excluding carboxylic acids is 1. The Hall–Kier alpha value is -4.06. The third-order valence-electron chi connectivity index (χ3n) is 4.63. The minimum atomic E-state index is -0.761. The maximum atomic E-state index is 12.6. The van der Waals surface area contributed by atoms with Gasteiger partial charge >= 0.3 is 0 Å². The van der Waals surface area contributed by atoms with Crippen LogP contribution < -0.4 is 14.8 Å². The molecule has 178 valence electrons. The Morgan fingerprint density at radius 1 is 1.11 bits per heavy atom. The van der Waals surface area contributed by atoms with Crippen LogP contribution >= 0.6 is 23.2 Å². The molecule has 0 aliphatic carbocycles. The topological polar surface area (TPSA) is 114 Å². The lowest BCUT2D eigenvalue weighted by molar-refractivity contribution is -0.384. The van der Waals surface area contributed by atoms with Gasteiger partial charge < -0.3 is 14.8 Å².